The standard InChI is InChI=1S/C14H18F2N2O2/c15-14(16)7-13(5-6-17-12(13)20)8-18(9-14)11(19)10-3-1-2-4-10/h3H,1-2,4-9H2,(H,17,20)/t13-/m1/s1. The van der Waals surface area contributed by atoms with Gasteiger partial charge in [-0.25, -0.2) is 8.78 Å². The third-order valence-electron chi connectivity index (χ3n) is 4.49. The predicted octanol–water partition coefficient (Wildman–Crippen LogP) is 1.47. The second kappa shape index (κ2) is 4.53. The molecule has 0 aromatic heterocycles. The Labute approximate surface area is 116 Å². The summed E-state index contributed by atoms with van der Waals surface area (Å²) in [5.74, 6) is -3.65. The summed E-state index contributed by atoms with van der Waals surface area (Å²) in [6.07, 6.45) is 4.14. The molecule has 0 saturated carbocycles. The molecule has 0 unspecified atom stereocenters. The van der Waals surface area contributed by atoms with Crippen LogP contribution in [0.15, 0.2) is 11.6 Å². The van der Waals surface area contributed by atoms with Gasteiger partial charge in [-0.2, -0.15) is 0 Å². The molecule has 4 nitrogen and oxygen atoms in total. The first-order valence-corrected chi connectivity index (χ1v) is 7.06. The van der Waals surface area contributed by atoms with Crippen molar-refractivity contribution in [3.8, 4) is 0 Å². The van der Waals surface area contributed by atoms with E-state index in [2.05, 4.69) is 5.32 Å². The van der Waals surface area contributed by atoms with E-state index in [9.17, 15) is 18.4 Å². The van der Waals surface area contributed by atoms with Crippen molar-refractivity contribution >= 4 is 11.8 Å². The monoisotopic (exact) mass is 284 g/mol. The largest absolute Gasteiger partial charge is 0.356 e. The fourth-order valence-corrected chi connectivity index (χ4v) is 3.56. The van der Waals surface area contributed by atoms with Crippen LogP contribution in [0.1, 0.15) is 32.1 Å². The zero-order chi connectivity index (χ0) is 14.4. The maximum Gasteiger partial charge on any atom is 0.266 e. The molecule has 110 valence electrons. The highest BCUT2D eigenvalue weighted by Crippen LogP contribution is 2.43. The molecule has 1 atom stereocenters. The average molecular weight is 284 g/mol. The zero-order valence-corrected chi connectivity index (χ0v) is 11.3. The van der Waals surface area contributed by atoms with Crippen molar-refractivity contribution in [2.75, 3.05) is 19.6 Å². The number of likely N-dealkylation sites (tertiary alicyclic amines) is 1. The fourth-order valence-electron chi connectivity index (χ4n) is 3.56. The van der Waals surface area contributed by atoms with Gasteiger partial charge in [0.25, 0.3) is 5.92 Å². The summed E-state index contributed by atoms with van der Waals surface area (Å²) in [5.41, 5.74) is -0.479. The summed E-state index contributed by atoms with van der Waals surface area (Å²) >= 11 is 0. The van der Waals surface area contributed by atoms with E-state index in [1.165, 1.54) is 4.90 Å². The molecule has 2 aliphatic heterocycles. The number of nitrogens with zero attached hydrogens (tertiary/aromatic N) is 1. The van der Waals surface area contributed by atoms with Gasteiger partial charge in [0.05, 0.1) is 12.0 Å². The number of alkyl halides is 2. The second-order valence-corrected chi connectivity index (χ2v) is 6.10. The second-order valence-electron chi connectivity index (χ2n) is 6.10. The molecular formula is C14H18F2N2O2. The molecule has 1 spiro atoms. The Morgan fingerprint density at radius 3 is 2.75 bits per heavy atom. The molecule has 3 rings (SSSR count). The third-order valence-corrected chi connectivity index (χ3v) is 4.49. The number of amides is 2. The Bertz CT molecular complexity index is 490. The first kappa shape index (κ1) is 13.5. The zero-order valence-electron chi connectivity index (χ0n) is 11.3. The van der Waals surface area contributed by atoms with Crippen LogP contribution in [0, 0.1) is 5.41 Å². The Morgan fingerprint density at radius 2 is 2.15 bits per heavy atom. The van der Waals surface area contributed by atoms with Crippen molar-refractivity contribution in [3.63, 3.8) is 0 Å². The van der Waals surface area contributed by atoms with Crippen molar-refractivity contribution in [2.24, 2.45) is 5.41 Å². The van der Waals surface area contributed by atoms with E-state index in [1.54, 1.807) is 0 Å². The number of piperidine rings is 1. The van der Waals surface area contributed by atoms with Gasteiger partial charge in [-0.15, -0.1) is 0 Å². The van der Waals surface area contributed by atoms with Gasteiger partial charge in [-0.3, -0.25) is 9.59 Å². The highest BCUT2D eigenvalue weighted by atomic mass is 19.3. The van der Waals surface area contributed by atoms with Crippen molar-refractivity contribution in [3.05, 3.63) is 11.6 Å². The molecule has 2 saturated heterocycles. The van der Waals surface area contributed by atoms with Gasteiger partial charge in [-0.05, 0) is 25.7 Å². The van der Waals surface area contributed by atoms with Crippen LogP contribution in [0.5, 0.6) is 0 Å². The number of nitrogens with one attached hydrogen (secondary N) is 1. The molecule has 1 aliphatic carbocycles. The minimum absolute atomic E-state index is 0.116. The Morgan fingerprint density at radius 1 is 1.35 bits per heavy atom. The molecule has 2 amide bonds. The first-order valence-electron chi connectivity index (χ1n) is 7.06. The minimum atomic E-state index is -2.99. The summed E-state index contributed by atoms with van der Waals surface area (Å²) in [6, 6.07) is 0. The molecule has 0 bridgehead atoms. The number of hydrogen-bond acceptors (Lipinski definition) is 2. The number of hydrogen-bond donors (Lipinski definition) is 1. The molecular weight excluding hydrogens is 266 g/mol. The molecule has 20 heavy (non-hydrogen) atoms. The summed E-state index contributed by atoms with van der Waals surface area (Å²) < 4.78 is 28.0. The first-order chi connectivity index (χ1) is 9.42. The molecule has 1 N–H and O–H groups in total. The lowest BCUT2D eigenvalue weighted by Crippen LogP contribution is -2.57. The molecule has 2 fully saturated rings. The Hall–Kier alpha value is -1.46. The van der Waals surface area contributed by atoms with Gasteiger partial charge in [0, 0.05) is 25.1 Å². The number of rotatable bonds is 1. The maximum absolute atomic E-state index is 14.0. The Balaban J connectivity index is 1.84. The third kappa shape index (κ3) is 2.21. The van der Waals surface area contributed by atoms with Crippen LogP contribution in [-0.4, -0.2) is 42.3 Å². The van der Waals surface area contributed by atoms with Crippen LogP contribution in [0.4, 0.5) is 8.78 Å². The van der Waals surface area contributed by atoms with Crippen molar-refractivity contribution in [2.45, 2.75) is 38.0 Å². The topological polar surface area (TPSA) is 49.4 Å². The lowest BCUT2D eigenvalue weighted by molar-refractivity contribution is -0.157. The smallest absolute Gasteiger partial charge is 0.266 e. The molecule has 0 radical (unpaired) electrons. The maximum atomic E-state index is 14.0. The van der Waals surface area contributed by atoms with E-state index in [-0.39, 0.29) is 18.4 Å². The molecule has 0 aromatic rings. The number of carbonyl (C=O) groups excluding carboxylic acids is 2. The van der Waals surface area contributed by atoms with E-state index in [4.69, 9.17) is 0 Å². The molecule has 0 aromatic carbocycles. The van der Waals surface area contributed by atoms with E-state index < -0.39 is 24.3 Å². The normalized spacial score (nSPS) is 32.4. The van der Waals surface area contributed by atoms with Gasteiger partial charge in [0.15, 0.2) is 0 Å². The highest BCUT2D eigenvalue weighted by molar-refractivity contribution is 5.95. The lowest BCUT2D eigenvalue weighted by atomic mass is 9.77. The van der Waals surface area contributed by atoms with Crippen molar-refractivity contribution in [1.29, 1.82) is 0 Å². The van der Waals surface area contributed by atoms with Gasteiger partial charge in [0.1, 0.15) is 0 Å². The SMILES string of the molecule is O=C(C1=CCCC1)N1CC(F)(F)C[C@]2(CCNC2=O)C1. The predicted molar refractivity (Wildman–Crippen MR) is 68.1 cm³/mol. The fraction of sp³-hybridized carbons (Fsp3) is 0.714. The van der Waals surface area contributed by atoms with Gasteiger partial charge < -0.3 is 10.2 Å². The Kier molecular flexibility index (Phi) is 3.06. The van der Waals surface area contributed by atoms with Crippen LogP contribution in [0.3, 0.4) is 0 Å². The minimum Gasteiger partial charge on any atom is -0.356 e. The van der Waals surface area contributed by atoms with Crippen molar-refractivity contribution in [1.82, 2.24) is 10.2 Å². The number of allylic oxidation sites excluding steroid dienone is 1. The van der Waals surface area contributed by atoms with Gasteiger partial charge in [-0.1, -0.05) is 6.08 Å². The van der Waals surface area contributed by atoms with Crippen LogP contribution in [-0.2, 0) is 9.59 Å². The summed E-state index contributed by atoms with van der Waals surface area (Å²) in [4.78, 5) is 25.4. The average Bonchev–Trinajstić information content (AvgIpc) is 2.98. The molecule has 3 aliphatic rings. The molecule has 2 heterocycles. The van der Waals surface area contributed by atoms with Gasteiger partial charge in [0.2, 0.25) is 11.8 Å². The van der Waals surface area contributed by atoms with Crippen LogP contribution in [0.2, 0.25) is 0 Å². The number of halogens is 2. The van der Waals surface area contributed by atoms with E-state index >= 15 is 0 Å². The lowest BCUT2D eigenvalue weighted by Gasteiger charge is -2.42. The van der Waals surface area contributed by atoms with Crippen molar-refractivity contribution < 1.29 is 18.4 Å². The van der Waals surface area contributed by atoms with E-state index in [0.717, 1.165) is 12.8 Å². The number of carbonyl (C=O) groups is 2. The quantitative estimate of drug-likeness (QED) is 0.792. The van der Waals surface area contributed by atoms with Crippen LogP contribution < -0.4 is 5.32 Å². The highest BCUT2D eigenvalue weighted by Gasteiger charge is 2.55. The summed E-state index contributed by atoms with van der Waals surface area (Å²) in [7, 11) is 0. The van der Waals surface area contributed by atoms with Crippen LogP contribution in [0.25, 0.3) is 0 Å². The summed E-state index contributed by atoms with van der Waals surface area (Å²) in [6.45, 7) is -0.0392. The summed E-state index contributed by atoms with van der Waals surface area (Å²) in [5, 5.41) is 2.62. The molecule has 6 heteroatoms. The van der Waals surface area contributed by atoms with E-state index in [0.29, 0.717) is 25.0 Å². The van der Waals surface area contributed by atoms with Crippen LogP contribution >= 0.6 is 0 Å². The van der Waals surface area contributed by atoms with E-state index in [1.807, 2.05) is 6.08 Å². The van der Waals surface area contributed by atoms with Gasteiger partial charge >= 0.3 is 0 Å².